The molecule has 0 saturated carbocycles. The van der Waals surface area contributed by atoms with Crippen molar-refractivity contribution in [3.63, 3.8) is 0 Å². The predicted octanol–water partition coefficient (Wildman–Crippen LogP) is -0.494. The van der Waals surface area contributed by atoms with Crippen LogP contribution < -0.4 is 26.6 Å². The third kappa shape index (κ3) is 10.6. The third-order valence-electron chi connectivity index (χ3n) is 5.22. The number of hydrogen-bond acceptors (Lipinski definition) is 6. The monoisotopic (exact) mass is 469 g/mol. The van der Waals surface area contributed by atoms with Crippen LogP contribution in [0, 0.1) is 11.8 Å². The molecule has 1 saturated heterocycles. The van der Waals surface area contributed by atoms with Gasteiger partial charge in [-0.25, -0.2) is 0 Å². The van der Waals surface area contributed by atoms with Crippen molar-refractivity contribution < 1.29 is 29.1 Å². The summed E-state index contributed by atoms with van der Waals surface area (Å²) in [5.74, 6) is -2.89. The number of carboxylic acid groups (broad SMARTS) is 1. The Morgan fingerprint density at radius 1 is 0.848 bits per heavy atom. The van der Waals surface area contributed by atoms with E-state index in [1.54, 1.807) is 0 Å². The summed E-state index contributed by atoms with van der Waals surface area (Å²) >= 11 is 0. The van der Waals surface area contributed by atoms with Crippen molar-refractivity contribution in [2.75, 3.05) is 13.1 Å². The van der Waals surface area contributed by atoms with Crippen LogP contribution in [-0.2, 0) is 24.0 Å². The molecule has 11 nitrogen and oxygen atoms in total. The molecule has 4 atom stereocenters. The molecule has 0 aromatic rings. The normalized spacial score (nSPS) is 18.3. The molecule has 1 heterocycles. The fourth-order valence-electron chi connectivity index (χ4n) is 3.55. The maximum Gasteiger partial charge on any atom is 0.322 e. The maximum atomic E-state index is 13.1. The number of amides is 4. The summed E-state index contributed by atoms with van der Waals surface area (Å²) in [5, 5.41) is 22.0. The molecule has 0 aliphatic carbocycles. The van der Waals surface area contributed by atoms with Crippen LogP contribution in [0.1, 0.15) is 60.3 Å². The summed E-state index contributed by atoms with van der Waals surface area (Å²) in [6.07, 6.45) is 2.35. The highest BCUT2D eigenvalue weighted by Crippen LogP contribution is 2.11. The first-order valence-electron chi connectivity index (χ1n) is 11.5. The van der Waals surface area contributed by atoms with E-state index in [1.165, 1.54) is 6.92 Å². The lowest BCUT2D eigenvalue weighted by Gasteiger charge is -2.26. The van der Waals surface area contributed by atoms with Crippen molar-refractivity contribution in [3.8, 4) is 0 Å². The van der Waals surface area contributed by atoms with Gasteiger partial charge < -0.3 is 31.7 Å². The molecule has 11 heteroatoms. The topological polar surface area (TPSA) is 166 Å². The van der Waals surface area contributed by atoms with E-state index in [0.29, 0.717) is 19.3 Å². The largest absolute Gasteiger partial charge is 0.480 e. The van der Waals surface area contributed by atoms with Gasteiger partial charge in [0.15, 0.2) is 0 Å². The Morgan fingerprint density at radius 2 is 1.39 bits per heavy atom. The second-order valence-corrected chi connectivity index (χ2v) is 9.37. The zero-order valence-electron chi connectivity index (χ0n) is 20.2. The molecule has 0 radical (unpaired) electrons. The number of carbonyl (C=O) groups is 5. The van der Waals surface area contributed by atoms with E-state index >= 15 is 0 Å². The lowest BCUT2D eigenvalue weighted by molar-refractivity contribution is -0.138. The molecule has 33 heavy (non-hydrogen) atoms. The van der Waals surface area contributed by atoms with E-state index in [-0.39, 0.29) is 23.8 Å². The summed E-state index contributed by atoms with van der Waals surface area (Å²) in [4.78, 5) is 61.0. The van der Waals surface area contributed by atoms with Gasteiger partial charge >= 0.3 is 5.97 Å². The summed E-state index contributed by atoms with van der Waals surface area (Å²) in [5.41, 5.74) is 0. The van der Waals surface area contributed by atoms with Gasteiger partial charge in [-0.15, -0.1) is 0 Å². The molecule has 1 aliphatic rings. The van der Waals surface area contributed by atoms with Gasteiger partial charge in [-0.2, -0.15) is 0 Å². The highest BCUT2D eigenvalue weighted by molar-refractivity contribution is 5.95. The first kappa shape index (κ1) is 28.3. The van der Waals surface area contributed by atoms with Gasteiger partial charge in [-0.1, -0.05) is 27.7 Å². The Hall–Kier alpha value is -2.69. The molecule has 0 spiro atoms. The SMILES string of the molecule is CC(C)C[C@H](NC(=O)[C@H](CC(C)C)NC(=O)[C@@H]1CCCN1)C(=O)N[C@@H](C)C(=O)NCC(=O)O. The Kier molecular flexibility index (Phi) is 11.8. The van der Waals surface area contributed by atoms with Crippen LogP contribution in [0.15, 0.2) is 0 Å². The van der Waals surface area contributed by atoms with E-state index in [2.05, 4.69) is 26.6 Å². The van der Waals surface area contributed by atoms with Crippen LogP contribution in [-0.4, -0.2) is 72.0 Å². The van der Waals surface area contributed by atoms with Gasteiger partial charge in [-0.05, 0) is 51.0 Å². The number of carbonyl (C=O) groups excluding carboxylic acids is 4. The van der Waals surface area contributed by atoms with Gasteiger partial charge in [0.05, 0.1) is 6.04 Å². The highest BCUT2D eigenvalue weighted by Gasteiger charge is 2.31. The molecular weight excluding hydrogens is 430 g/mol. The minimum atomic E-state index is -1.20. The quantitative estimate of drug-likeness (QED) is 0.212. The zero-order valence-corrected chi connectivity index (χ0v) is 20.2. The molecule has 0 unspecified atom stereocenters. The Balaban J connectivity index is 2.83. The number of rotatable bonds is 13. The van der Waals surface area contributed by atoms with Crippen LogP contribution in [0.2, 0.25) is 0 Å². The summed E-state index contributed by atoms with van der Waals surface area (Å²) in [6.45, 7) is 9.31. The molecule has 188 valence electrons. The van der Waals surface area contributed by atoms with Crippen molar-refractivity contribution in [1.82, 2.24) is 26.6 Å². The fourth-order valence-corrected chi connectivity index (χ4v) is 3.55. The summed E-state index contributed by atoms with van der Waals surface area (Å²) < 4.78 is 0. The smallest absolute Gasteiger partial charge is 0.322 e. The van der Waals surface area contributed by atoms with Crippen molar-refractivity contribution in [2.24, 2.45) is 11.8 Å². The van der Waals surface area contributed by atoms with Gasteiger partial charge in [0.25, 0.3) is 0 Å². The van der Waals surface area contributed by atoms with Gasteiger partial charge in [0.1, 0.15) is 24.7 Å². The van der Waals surface area contributed by atoms with E-state index in [4.69, 9.17) is 5.11 Å². The van der Waals surface area contributed by atoms with Crippen LogP contribution in [0.3, 0.4) is 0 Å². The number of carboxylic acids is 1. The number of aliphatic carboxylic acids is 1. The molecule has 0 aromatic carbocycles. The molecule has 1 rings (SSSR count). The second-order valence-electron chi connectivity index (χ2n) is 9.37. The lowest BCUT2D eigenvalue weighted by atomic mass is 9.99. The minimum Gasteiger partial charge on any atom is -0.480 e. The zero-order chi connectivity index (χ0) is 25.1. The molecule has 1 fully saturated rings. The van der Waals surface area contributed by atoms with Gasteiger partial charge in [0.2, 0.25) is 23.6 Å². The van der Waals surface area contributed by atoms with E-state index in [9.17, 15) is 24.0 Å². The number of nitrogens with one attached hydrogen (secondary N) is 5. The molecule has 1 aliphatic heterocycles. The van der Waals surface area contributed by atoms with Crippen LogP contribution >= 0.6 is 0 Å². The van der Waals surface area contributed by atoms with Crippen LogP contribution in [0.4, 0.5) is 0 Å². The summed E-state index contributed by atoms with van der Waals surface area (Å²) in [6, 6.07) is -3.02. The summed E-state index contributed by atoms with van der Waals surface area (Å²) in [7, 11) is 0. The number of hydrogen-bond donors (Lipinski definition) is 6. The van der Waals surface area contributed by atoms with Crippen LogP contribution in [0.5, 0.6) is 0 Å². The Morgan fingerprint density at radius 3 is 1.88 bits per heavy atom. The molecule has 0 aromatic heterocycles. The van der Waals surface area contributed by atoms with Crippen molar-refractivity contribution in [1.29, 1.82) is 0 Å². The Labute approximate surface area is 195 Å². The van der Waals surface area contributed by atoms with Crippen molar-refractivity contribution >= 4 is 29.6 Å². The van der Waals surface area contributed by atoms with Gasteiger partial charge in [-0.3, -0.25) is 24.0 Å². The van der Waals surface area contributed by atoms with E-state index in [1.807, 2.05) is 27.7 Å². The highest BCUT2D eigenvalue weighted by atomic mass is 16.4. The van der Waals surface area contributed by atoms with Crippen molar-refractivity contribution in [3.05, 3.63) is 0 Å². The van der Waals surface area contributed by atoms with Gasteiger partial charge in [0, 0.05) is 0 Å². The standard InChI is InChI=1S/C22H39N5O6/c1-12(2)9-16(21(32)25-14(5)19(30)24-11-18(28)29)27-22(33)17(10-13(3)4)26-20(31)15-7-6-8-23-15/h12-17,23H,6-11H2,1-5H3,(H,24,30)(H,25,32)(H,26,31)(H,27,33)(H,28,29)/t14-,15-,16-,17-/m0/s1. The predicted molar refractivity (Wildman–Crippen MR) is 122 cm³/mol. The molecule has 0 bridgehead atoms. The minimum absolute atomic E-state index is 0.0676. The second kappa shape index (κ2) is 13.8. The van der Waals surface area contributed by atoms with Crippen LogP contribution in [0.25, 0.3) is 0 Å². The first-order valence-corrected chi connectivity index (χ1v) is 11.5. The third-order valence-corrected chi connectivity index (χ3v) is 5.22. The average Bonchev–Trinajstić information content (AvgIpc) is 3.25. The lowest BCUT2D eigenvalue weighted by Crippen LogP contribution is -2.57. The van der Waals surface area contributed by atoms with E-state index < -0.39 is 48.4 Å². The average molecular weight is 470 g/mol. The first-order chi connectivity index (χ1) is 15.4. The molecular formula is C22H39N5O6. The molecule has 4 amide bonds. The Bertz CT molecular complexity index is 705. The van der Waals surface area contributed by atoms with Crippen molar-refractivity contribution in [2.45, 2.75) is 84.5 Å². The maximum absolute atomic E-state index is 13.1. The fraction of sp³-hybridized carbons (Fsp3) is 0.773. The van der Waals surface area contributed by atoms with E-state index in [0.717, 1.165) is 13.0 Å². The molecule has 6 N–H and O–H groups in total.